The zero-order valence-electron chi connectivity index (χ0n) is 14.0. The fourth-order valence-corrected chi connectivity index (χ4v) is 3.17. The third kappa shape index (κ3) is 3.39. The number of aromatic nitrogens is 3. The Labute approximate surface area is 146 Å². The molecule has 0 radical (unpaired) electrons. The number of carbonyl (C=O) groups excluding carboxylic acids is 1. The molecular weight excluding hydrogens is 318 g/mol. The second-order valence-electron chi connectivity index (χ2n) is 6.13. The van der Waals surface area contributed by atoms with E-state index in [4.69, 9.17) is 9.97 Å². The fourth-order valence-electron chi connectivity index (χ4n) is 3.17. The summed E-state index contributed by atoms with van der Waals surface area (Å²) in [6, 6.07) is 3.83. The van der Waals surface area contributed by atoms with Crippen molar-refractivity contribution >= 4 is 11.8 Å². The van der Waals surface area contributed by atoms with Gasteiger partial charge < -0.3 is 20.9 Å². The Hall–Kier alpha value is -2.74. The maximum Gasteiger partial charge on any atom is 0.317 e. The van der Waals surface area contributed by atoms with E-state index in [1.807, 2.05) is 17.0 Å². The van der Waals surface area contributed by atoms with Gasteiger partial charge in [0.25, 0.3) is 0 Å². The van der Waals surface area contributed by atoms with Crippen LogP contribution in [0.15, 0.2) is 24.5 Å². The van der Waals surface area contributed by atoms with E-state index >= 15 is 0 Å². The second kappa shape index (κ2) is 7.02. The van der Waals surface area contributed by atoms with Crippen LogP contribution >= 0.6 is 0 Å². The Morgan fingerprint density at radius 3 is 2.88 bits per heavy atom. The number of amides is 2. The van der Waals surface area contributed by atoms with Crippen LogP contribution in [0.25, 0.3) is 11.4 Å². The number of hydrogen-bond donors (Lipinski definition) is 3. The molecule has 0 spiro atoms. The van der Waals surface area contributed by atoms with Crippen LogP contribution in [0.1, 0.15) is 11.3 Å². The first-order valence-electron chi connectivity index (χ1n) is 8.59. The molecule has 0 aliphatic carbocycles. The highest BCUT2D eigenvalue weighted by Crippen LogP contribution is 2.24. The molecule has 1 fully saturated rings. The molecule has 1 saturated heterocycles. The summed E-state index contributed by atoms with van der Waals surface area (Å²) >= 11 is 0. The third-order valence-electron chi connectivity index (χ3n) is 4.49. The van der Waals surface area contributed by atoms with Gasteiger partial charge in [0.2, 0.25) is 0 Å². The van der Waals surface area contributed by atoms with Crippen LogP contribution in [-0.4, -0.2) is 58.6 Å². The van der Waals surface area contributed by atoms with Gasteiger partial charge in [0.1, 0.15) is 5.82 Å². The number of nitrogens with zero attached hydrogens (tertiary/aromatic N) is 4. The number of fused-ring (bicyclic) bond motifs is 1. The van der Waals surface area contributed by atoms with Crippen LogP contribution in [0, 0.1) is 0 Å². The number of pyridine rings is 1. The van der Waals surface area contributed by atoms with Crippen molar-refractivity contribution in [2.24, 2.45) is 0 Å². The summed E-state index contributed by atoms with van der Waals surface area (Å²) in [7, 11) is 0. The minimum absolute atomic E-state index is 0.00758. The molecule has 3 N–H and O–H groups in total. The summed E-state index contributed by atoms with van der Waals surface area (Å²) in [5.74, 6) is 1.57. The quantitative estimate of drug-likeness (QED) is 0.739. The maximum atomic E-state index is 11.6. The molecule has 4 rings (SSSR count). The van der Waals surface area contributed by atoms with Crippen molar-refractivity contribution in [1.82, 2.24) is 30.5 Å². The average Bonchev–Trinajstić information content (AvgIpc) is 3.07. The van der Waals surface area contributed by atoms with Gasteiger partial charge in [-0.3, -0.25) is 4.98 Å². The van der Waals surface area contributed by atoms with E-state index in [1.165, 1.54) is 5.56 Å². The summed E-state index contributed by atoms with van der Waals surface area (Å²) < 4.78 is 0. The molecule has 2 amide bonds. The van der Waals surface area contributed by atoms with E-state index in [-0.39, 0.29) is 6.03 Å². The normalized spacial score (nSPS) is 16.5. The van der Waals surface area contributed by atoms with E-state index in [9.17, 15) is 4.79 Å². The molecular formula is C17H21N7O. The number of hydrogen-bond acceptors (Lipinski definition) is 6. The predicted molar refractivity (Wildman–Crippen MR) is 94.1 cm³/mol. The molecule has 2 aromatic heterocycles. The van der Waals surface area contributed by atoms with Crippen LogP contribution in [-0.2, 0) is 13.0 Å². The van der Waals surface area contributed by atoms with Crippen LogP contribution in [0.5, 0.6) is 0 Å². The van der Waals surface area contributed by atoms with Gasteiger partial charge >= 0.3 is 6.03 Å². The van der Waals surface area contributed by atoms with Crippen molar-refractivity contribution in [3.63, 3.8) is 0 Å². The largest absolute Gasteiger partial charge is 0.368 e. The van der Waals surface area contributed by atoms with Crippen LogP contribution in [0.4, 0.5) is 10.6 Å². The van der Waals surface area contributed by atoms with Gasteiger partial charge in [-0.15, -0.1) is 0 Å². The molecule has 130 valence electrons. The highest BCUT2D eigenvalue weighted by Gasteiger charge is 2.20. The number of anilines is 1. The molecule has 0 unspecified atom stereocenters. The lowest BCUT2D eigenvalue weighted by atomic mass is 10.1. The maximum absolute atomic E-state index is 11.6. The molecule has 8 nitrogen and oxygen atoms in total. The van der Waals surface area contributed by atoms with Gasteiger partial charge in [-0.1, -0.05) is 0 Å². The van der Waals surface area contributed by atoms with E-state index in [0.717, 1.165) is 49.7 Å². The Bertz CT molecular complexity index is 765. The van der Waals surface area contributed by atoms with Gasteiger partial charge in [-0.2, -0.15) is 0 Å². The third-order valence-corrected chi connectivity index (χ3v) is 4.49. The van der Waals surface area contributed by atoms with Crippen molar-refractivity contribution in [2.45, 2.75) is 13.0 Å². The highest BCUT2D eigenvalue weighted by atomic mass is 16.2. The molecule has 4 heterocycles. The molecule has 8 heteroatoms. The topological polar surface area (TPSA) is 95.1 Å². The summed E-state index contributed by atoms with van der Waals surface area (Å²) in [6.07, 6.45) is 4.39. The molecule has 0 bridgehead atoms. The minimum Gasteiger partial charge on any atom is -0.368 e. The molecule has 0 saturated carbocycles. The highest BCUT2D eigenvalue weighted by molar-refractivity contribution is 5.76. The summed E-state index contributed by atoms with van der Waals surface area (Å²) in [5.41, 5.74) is 3.15. The summed E-state index contributed by atoms with van der Waals surface area (Å²) in [4.78, 5) is 27.0. The van der Waals surface area contributed by atoms with Gasteiger partial charge in [-0.05, 0) is 25.1 Å². The molecule has 0 aromatic carbocycles. The Morgan fingerprint density at radius 2 is 2.08 bits per heavy atom. The lowest BCUT2D eigenvalue weighted by Gasteiger charge is -2.21. The minimum atomic E-state index is 0.00758. The Morgan fingerprint density at radius 1 is 1.20 bits per heavy atom. The fraction of sp³-hybridized carbons (Fsp3) is 0.412. The lowest BCUT2D eigenvalue weighted by Crippen LogP contribution is -2.33. The number of carbonyl (C=O) groups is 1. The number of rotatable bonds is 5. The van der Waals surface area contributed by atoms with Gasteiger partial charge in [0.05, 0.1) is 5.69 Å². The van der Waals surface area contributed by atoms with Crippen molar-refractivity contribution in [3.8, 4) is 11.4 Å². The first-order valence-corrected chi connectivity index (χ1v) is 8.59. The van der Waals surface area contributed by atoms with Crippen LogP contribution in [0.3, 0.4) is 0 Å². The van der Waals surface area contributed by atoms with Gasteiger partial charge in [0, 0.05) is 56.2 Å². The van der Waals surface area contributed by atoms with Gasteiger partial charge in [-0.25, -0.2) is 14.8 Å². The predicted octanol–water partition coefficient (Wildman–Crippen LogP) is 0.621. The first kappa shape index (κ1) is 15.8. The average molecular weight is 339 g/mol. The molecule has 2 aliphatic rings. The van der Waals surface area contributed by atoms with Crippen LogP contribution < -0.4 is 16.0 Å². The zero-order chi connectivity index (χ0) is 17.1. The molecule has 2 aliphatic heterocycles. The number of urea groups is 1. The van der Waals surface area contributed by atoms with E-state index < -0.39 is 0 Å². The van der Waals surface area contributed by atoms with Gasteiger partial charge in [0.15, 0.2) is 5.82 Å². The zero-order valence-corrected chi connectivity index (χ0v) is 14.0. The molecule has 0 atom stereocenters. The summed E-state index contributed by atoms with van der Waals surface area (Å²) in [6.45, 7) is 4.48. The SMILES string of the molecule is O=C1NCCN1CCNc1nc(-c2ccncc2)nc2c1CCNC2. The van der Waals surface area contributed by atoms with Crippen molar-refractivity contribution < 1.29 is 4.79 Å². The standard InChI is InChI=1S/C17H21N7O/c25-17-21-8-10-24(17)9-7-20-16-13-3-6-19-11-14(13)22-15(23-16)12-1-4-18-5-2-12/h1-2,4-5,19H,3,6-11H2,(H,21,25)(H,20,22,23). The van der Waals surface area contributed by atoms with Crippen molar-refractivity contribution in [1.29, 1.82) is 0 Å². The smallest absolute Gasteiger partial charge is 0.317 e. The van der Waals surface area contributed by atoms with E-state index in [0.29, 0.717) is 18.9 Å². The molecule has 25 heavy (non-hydrogen) atoms. The summed E-state index contributed by atoms with van der Waals surface area (Å²) in [5, 5.41) is 9.59. The van der Waals surface area contributed by atoms with E-state index in [1.54, 1.807) is 12.4 Å². The van der Waals surface area contributed by atoms with Crippen LogP contribution in [0.2, 0.25) is 0 Å². The second-order valence-corrected chi connectivity index (χ2v) is 6.13. The Balaban J connectivity index is 1.56. The monoisotopic (exact) mass is 339 g/mol. The number of nitrogens with one attached hydrogen (secondary N) is 3. The van der Waals surface area contributed by atoms with E-state index in [2.05, 4.69) is 20.9 Å². The Kier molecular flexibility index (Phi) is 4.43. The van der Waals surface area contributed by atoms with Crippen molar-refractivity contribution in [3.05, 3.63) is 35.8 Å². The van der Waals surface area contributed by atoms with Crippen molar-refractivity contribution in [2.75, 3.05) is 38.0 Å². The molecule has 2 aromatic rings. The first-order chi connectivity index (χ1) is 12.3. The lowest BCUT2D eigenvalue weighted by molar-refractivity contribution is 0.219.